The molecule has 0 saturated carbocycles. The molecule has 0 spiro atoms. The highest BCUT2D eigenvalue weighted by atomic mass is 35.5. The van der Waals surface area contributed by atoms with Crippen molar-refractivity contribution in [3.63, 3.8) is 0 Å². The van der Waals surface area contributed by atoms with Gasteiger partial charge in [0.05, 0.1) is 27.8 Å². The molecule has 1 aromatic heterocycles. The smallest absolute Gasteiger partial charge is 0.230 e. The number of carbonyl (C=O) groups excluding carboxylic acids is 1. The first-order valence-electron chi connectivity index (χ1n) is 7.33. The minimum absolute atomic E-state index is 0.148. The summed E-state index contributed by atoms with van der Waals surface area (Å²) < 4.78 is 6.15. The van der Waals surface area contributed by atoms with E-state index in [9.17, 15) is 4.79 Å². The number of ether oxygens (including phenoxy) is 1. The van der Waals surface area contributed by atoms with Gasteiger partial charge in [-0.05, 0) is 36.8 Å². The summed E-state index contributed by atoms with van der Waals surface area (Å²) >= 11 is 13.6. The van der Waals surface area contributed by atoms with Crippen LogP contribution in [-0.4, -0.2) is 17.5 Å². The summed E-state index contributed by atoms with van der Waals surface area (Å²) in [6.07, 6.45) is 0.254. The molecule has 1 amide bonds. The summed E-state index contributed by atoms with van der Waals surface area (Å²) in [5.41, 5.74) is 1.50. The van der Waals surface area contributed by atoms with Gasteiger partial charge in [-0.3, -0.25) is 4.79 Å². The zero-order valence-electron chi connectivity index (χ0n) is 12.8. The summed E-state index contributed by atoms with van der Waals surface area (Å²) in [6.45, 7) is 2.54. The molecule has 0 aliphatic heterocycles. The van der Waals surface area contributed by atoms with E-state index < -0.39 is 0 Å². The number of nitrogens with one attached hydrogen (secondary N) is 1. The highest BCUT2D eigenvalue weighted by molar-refractivity contribution is 7.23. The monoisotopic (exact) mass is 380 g/mol. The highest BCUT2D eigenvalue weighted by Gasteiger charge is 2.13. The Morgan fingerprint density at radius 1 is 1.17 bits per heavy atom. The maximum atomic E-state index is 12.2. The molecule has 0 atom stereocenters. The van der Waals surface area contributed by atoms with Gasteiger partial charge in [0.25, 0.3) is 0 Å². The van der Waals surface area contributed by atoms with Crippen molar-refractivity contribution in [1.82, 2.24) is 4.98 Å². The van der Waals surface area contributed by atoms with Crippen LogP contribution in [0.5, 0.6) is 5.75 Å². The van der Waals surface area contributed by atoms with Gasteiger partial charge in [-0.2, -0.15) is 0 Å². The van der Waals surface area contributed by atoms with Crippen molar-refractivity contribution in [3.8, 4) is 5.75 Å². The number of rotatable bonds is 5. The number of halogens is 2. The average Bonchev–Trinajstić information content (AvgIpc) is 2.98. The van der Waals surface area contributed by atoms with Gasteiger partial charge in [0.1, 0.15) is 11.3 Å². The van der Waals surface area contributed by atoms with Crippen molar-refractivity contribution in [2.45, 2.75) is 13.3 Å². The Morgan fingerprint density at radius 2 is 1.88 bits per heavy atom. The lowest BCUT2D eigenvalue weighted by atomic mass is 10.1. The Labute approximate surface area is 153 Å². The molecule has 2 aromatic carbocycles. The van der Waals surface area contributed by atoms with E-state index in [0.29, 0.717) is 27.3 Å². The molecule has 0 unspecified atom stereocenters. The van der Waals surface area contributed by atoms with Gasteiger partial charge < -0.3 is 10.1 Å². The van der Waals surface area contributed by atoms with Crippen molar-refractivity contribution in [3.05, 3.63) is 52.0 Å². The van der Waals surface area contributed by atoms with Crippen LogP contribution in [0.2, 0.25) is 10.0 Å². The van der Waals surface area contributed by atoms with Crippen LogP contribution >= 0.6 is 34.5 Å². The Kier molecular flexibility index (Phi) is 5.23. The number of nitrogens with zero attached hydrogens (tertiary/aromatic N) is 1. The number of hydrogen-bond acceptors (Lipinski definition) is 4. The van der Waals surface area contributed by atoms with Crippen molar-refractivity contribution >= 4 is 55.8 Å². The molecule has 0 aliphatic carbocycles. The molecule has 0 bridgehead atoms. The van der Waals surface area contributed by atoms with Crippen molar-refractivity contribution < 1.29 is 9.53 Å². The van der Waals surface area contributed by atoms with E-state index in [1.807, 2.05) is 31.2 Å². The van der Waals surface area contributed by atoms with Crippen LogP contribution in [0.1, 0.15) is 12.5 Å². The molecule has 3 aromatic rings. The van der Waals surface area contributed by atoms with Gasteiger partial charge in [0.2, 0.25) is 5.91 Å². The van der Waals surface area contributed by atoms with Crippen LogP contribution < -0.4 is 10.1 Å². The third kappa shape index (κ3) is 3.80. The lowest BCUT2D eigenvalue weighted by molar-refractivity contribution is -0.115. The van der Waals surface area contributed by atoms with E-state index in [4.69, 9.17) is 27.9 Å². The van der Waals surface area contributed by atoms with E-state index in [1.165, 1.54) is 11.3 Å². The van der Waals surface area contributed by atoms with Gasteiger partial charge >= 0.3 is 0 Å². The van der Waals surface area contributed by atoms with Crippen molar-refractivity contribution in [2.75, 3.05) is 11.9 Å². The number of hydrogen-bond donors (Lipinski definition) is 1. The van der Waals surface area contributed by atoms with Crippen LogP contribution in [0.3, 0.4) is 0 Å². The number of anilines is 1. The Morgan fingerprint density at radius 3 is 2.54 bits per heavy atom. The fourth-order valence-corrected chi connectivity index (χ4v) is 3.65. The largest absolute Gasteiger partial charge is 0.494 e. The summed E-state index contributed by atoms with van der Waals surface area (Å²) in [5, 5.41) is 4.36. The fraction of sp³-hybridized carbons (Fsp3) is 0.176. The second-order valence-corrected chi connectivity index (χ2v) is 6.84. The molecule has 124 valence electrons. The SMILES string of the molecule is CCOc1ccc(CC(=O)Nc2nc3c(Cl)ccc(Cl)c3s2)cc1. The Balaban J connectivity index is 1.70. The molecule has 1 N–H and O–H groups in total. The second kappa shape index (κ2) is 7.38. The molecular formula is C17H14Cl2N2O2S. The molecule has 0 aliphatic rings. The van der Waals surface area contributed by atoms with E-state index in [0.717, 1.165) is 16.0 Å². The van der Waals surface area contributed by atoms with Crippen LogP contribution in [0, 0.1) is 0 Å². The van der Waals surface area contributed by atoms with Crippen molar-refractivity contribution in [2.24, 2.45) is 0 Å². The van der Waals surface area contributed by atoms with E-state index in [-0.39, 0.29) is 12.3 Å². The topological polar surface area (TPSA) is 51.2 Å². The van der Waals surface area contributed by atoms with Crippen LogP contribution in [0.15, 0.2) is 36.4 Å². The normalized spacial score (nSPS) is 10.8. The maximum absolute atomic E-state index is 12.2. The number of aromatic nitrogens is 1. The predicted octanol–water partition coefficient (Wildman–Crippen LogP) is 5.18. The Hall–Kier alpha value is -1.82. The van der Waals surface area contributed by atoms with Gasteiger partial charge in [-0.1, -0.05) is 46.7 Å². The van der Waals surface area contributed by atoms with Gasteiger partial charge in [0.15, 0.2) is 5.13 Å². The molecule has 0 radical (unpaired) electrons. The summed E-state index contributed by atoms with van der Waals surface area (Å²) in [6, 6.07) is 10.9. The van der Waals surface area contributed by atoms with Crippen LogP contribution in [-0.2, 0) is 11.2 Å². The van der Waals surface area contributed by atoms with Crippen LogP contribution in [0.25, 0.3) is 10.2 Å². The van der Waals surface area contributed by atoms with Crippen molar-refractivity contribution in [1.29, 1.82) is 0 Å². The number of thiazole rings is 1. The number of fused-ring (bicyclic) bond motifs is 1. The second-order valence-electron chi connectivity index (χ2n) is 5.03. The minimum atomic E-state index is -0.148. The molecule has 7 heteroatoms. The maximum Gasteiger partial charge on any atom is 0.230 e. The minimum Gasteiger partial charge on any atom is -0.494 e. The summed E-state index contributed by atoms with van der Waals surface area (Å²) in [4.78, 5) is 16.5. The molecule has 24 heavy (non-hydrogen) atoms. The molecule has 0 fully saturated rings. The predicted molar refractivity (Wildman–Crippen MR) is 99.6 cm³/mol. The molecular weight excluding hydrogens is 367 g/mol. The first kappa shape index (κ1) is 17.0. The number of amides is 1. The zero-order valence-corrected chi connectivity index (χ0v) is 15.1. The van der Waals surface area contributed by atoms with E-state index >= 15 is 0 Å². The zero-order chi connectivity index (χ0) is 17.1. The number of benzene rings is 2. The van der Waals surface area contributed by atoms with E-state index in [2.05, 4.69) is 10.3 Å². The molecule has 3 rings (SSSR count). The first-order valence-corrected chi connectivity index (χ1v) is 8.90. The van der Waals surface area contributed by atoms with Gasteiger partial charge in [-0.25, -0.2) is 4.98 Å². The number of carbonyl (C=O) groups is 1. The summed E-state index contributed by atoms with van der Waals surface area (Å²) in [7, 11) is 0. The molecule has 0 saturated heterocycles. The lowest BCUT2D eigenvalue weighted by Crippen LogP contribution is -2.14. The van der Waals surface area contributed by atoms with E-state index in [1.54, 1.807) is 12.1 Å². The lowest BCUT2D eigenvalue weighted by Gasteiger charge is -2.05. The molecule has 4 nitrogen and oxygen atoms in total. The van der Waals surface area contributed by atoms with Gasteiger partial charge in [-0.15, -0.1) is 0 Å². The van der Waals surface area contributed by atoms with Crippen LogP contribution in [0.4, 0.5) is 5.13 Å². The molecule has 1 heterocycles. The quantitative estimate of drug-likeness (QED) is 0.662. The average molecular weight is 381 g/mol. The Bertz CT molecular complexity index is 839. The standard InChI is InChI=1S/C17H14Cl2N2O2S/c1-2-23-11-5-3-10(4-6-11)9-14(22)20-17-21-15-12(18)7-8-13(19)16(15)24-17/h3-8H,2,9H2,1H3,(H,20,21,22). The summed E-state index contributed by atoms with van der Waals surface area (Å²) in [5.74, 6) is 0.641. The fourth-order valence-electron chi connectivity index (χ4n) is 2.22. The third-order valence-electron chi connectivity index (χ3n) is 3.29. The highest BCUT2D eigenvalue weighted by Crippen LogP contribution is 2.36. The first-order chi connectivity index (χ1) is 11.6. The van der Waals surface area contributed by atoms with Gasteiger partial charge in [0, 0.05) is 0 Å². The third-order valence-corrected chi connectivity index (χ3v) is 5.03.